The predicted octanol–water partition coefficient (Wildman–Crippen LogP) is 0.156. The van der Waals surface area contributed by atoms with Crippen LogP contribution < -0.4 is 0 Å². The molecule has 0 saturated carbocycles. The Morgan fingerprint density at radius 1 is 1.53 bits per heavy atom. The molecule has 3 atom stereocenters. The van der Waals surface area contributed by atoms with E-state index in [9.17, 15) is 15.0 Å². The van der Waals surface area contributed by atoms with Crippen molar-refractivity contribution in [1.29, 1.82) is 0 Å². The molecule has 5 nitrogen and oxygen atoms in total. The first-order valence-corrected chi connectivity index (χ1v) is 6.91. The lowest BCUT2D eigenvalue weighted by atomic mass is 10.0. The van der Waals surface area contributed by atoms with Gasteiger partial charge < -0.3 is 19.8 Å². The minimum Gasteiger partial charge on any atom is -0.391 e. The molecule has 0 aromatic carbocycles. The lowest BCUT2D eigenvalue weighted by molar-refractivity contribution is -0.225. The fourth-order valence-corrected chi connectivity index (χ4v) is 3.62. The summed E-state index contributed by atoms with van der Waals surface area (Å²) in [6.45, 7) is 3.50. The molecule has 2 aliphatic rings. The van der Waals surface area contributed by atoms with Gasteiger partial charge in [0.1, 0.15) is 5.37 Å². The Hall–Kier alpha value is -0.300. The van der Waals surface area contributed by atoms with E-state index in [2.05, 4.69) is 0 Å². The number of rotatable bonds is 2. The number of piperidine rings is 1. The Balaban J connectivity index is 2.11. The Labute approximate surface area is 105 Å². The molecule has 2 heterocycles. The van der Waals surface area contributed by atoms with E-state index in [1.807, 2.05) is 0 Å². The van der Waals surface area contributed by atoms with Crippen molar-refractivity contribution in [2.75, 3.05) is 12.3 Å². The number of amides is 1. The first-order valence-electron chi connectivity index (χ1n) is 5.86. The molecule has 0 aromatic heterocycles. The molecule has 17 heavy (non-hydrogen) atoms. The standard InChI is InChI=1S/C11H19NO4S/c1-11(2,15)16-8-5-7(13)6-12-9(14)3-4-17-10(8)12/h7-8,10,13,15H,3-6H2,1-2H3/t7-,8+,10+/m0/s1. The maximum Gasteiger partial charge on any atom is 0.224 e. The van der Waals surface area contributed by atoms with E-state index in [1.165, 1.54) is 0 Å². The van der Waals surface area contributed by atoms with Gasteiger partial charge in [0.15, 0.2) is 5.79 Å². The van der Waals surface area contributed by atoms with E-state index in [4.69, 9.17) is 4.74 Å². The van der Waals surface area contributed by atoms with Crippen LogP contribution in [0.5, 0.6) is 0 Å². The van der Waals surface area contributed by atoms with Gasteiger partial charge in [0.05, 0.1) is 12.2 Å². The van der Waals surface area contributed by atoms with Gasteiger partial charge in [-0.3, -0.25) is 4.79 Å². The fraction of sp³-hybridized carbons (Fsp3) is 0.909. The highest BCUT2D eigenvalue weighted by molar-refractivity contribution is 8.00. The Kier molecular flexibility index (Phi) is 3.68. The van der Waals surface area contributed by atoms with E-state index < -0.39 is 11.9 Å². The highest BCUT2D eigenvalue weighted by Crippen LogP contribution is 2.34. The third-order valence-corrected chi connectivity index (χ3v) is 4.24. The van der Waals surface area contributed by atoms with Crippen molar-refractivity contribution in [2.45, 2.75) is 50.1 Å². The number of hydrogen-bond donors (Lipinski definition) is 2. The van der Waals surface area contributed by atoms with E-state index in [1.54, 1.807) is 30.5 Å². The monoisotopic (exact) mass is 261 g/mol. The van der Waals surface area contributed by atoms with Crippen LogP contribution in [-0.4, -0.2) is 56.7 Å². The van der Waals surface area contributed by atoms with Crippen LogP contribution in [0, 0.1) is 0 Å². The molecular formula is C11H19NO4S. The first-order chi connectivity index (χ1) is 7.87. The van der Waals surface area contributed by atoms with Gasteiger partial charge in [0.25, 0.3) is 0 Å². The molecule has 0 aromatic rings. The number of nitrogens with zero attached hydrogens (tertiary/aromatic N) is 1. The van der Waals surface area contributed by atoms with Crippen LogP contribution in [0.3, 0.4) is 0 Å². The Bertz CT molecular complexity index is 304. The van der Waals surface area contributed by atoms with E-state index in [-0.39, 0.29) is 17.4 Å². The zero-order valence-electron chi connectivity index (χ0n) is 10.1. The van der Waals surface area contributed by atoms with Crippen LogP contribution in [0.25, 0.3) is 0 Å². The summed E-state index contributed by atoms with van der Waals surface area (Å²) in [6, 6.07) is 0. The minimum absolute atomic E-state index is 0.0665. The number of aliphatic hydroxyl groups is 2. The third kappa shape index (κ3) is 3.13. The Morgan fingerprint density at radius 3 is 2.88 bits per heavy atom. The molecule has 0 bridgehead atoms. The summed E-state index contributed by atoms with van der Waals surface area (Å²) in [5.41, 5.74) is 0. The molecule has 2 fully saturated rings. The van der Waals surface area contributed by atoms with Crippen molar-refractivity contribution in [2.24, 2.45) is 0 Å². The number of carbonyl (C=O) groups is 1. The SMILES string of the molecule is CC(C)(O)O[C@@H]1C[C@H](O)CN2C(=O)CCS[C@H]12. The minimum atomic E-state index is -1.24. The van der Waals surface area contributed by atoms with E-state index in [0.29, 0.717) is 19.4 Å². The first kappa shape index (κ1) is 13.1. The van der Waals surface area contributed by atoms with Gasteiger partial charge >= 0.3 is 0 Å². The molecule has 98 valence electrons. The number of fused-ring (bicyclic) bond motifs is 1. The highest BCUT2D eigenvalue weighted by atomic mass is 32.2. The fourth-order valence-electron chi connectivity index (χ4n) is 2.32. The number of aliphatic hydroxyl groups excluding tert-OH is 1. The largest absolute Gasteiger partial charge is 0.391 e. The summed E-state index contributed by atoms with van der Waals surface area (Å²) in [5.74, 6) is -0.396. The van der Waals surface area contributed by atoms with Gasteiger partial charge in [-0.25, -0.2) is 0 Å². The molecular weight excluding hydrogens is 242 g/mol. The third-order valence-electron chi connectivity index (χ3n) is 2.90. The highest BCUT2D eigenvalue weighted by Gasteiger charge is 2.42. The van der Waals surface area contributed by atoms with Crippen LogP contribution in [0.4, 0.5) is 0 Å². The van der Waals surface area contributed by atoms with Gasteiger partial charge in [-0.05, 0) is 13.8 Å². The van der Waals surface area contributed by atoms with Crippen molar-refractivity contribution in [3.05, 3.63) is 0 Å². The van der Waals surface area contributed by atoms with Crippen molar-refractivity contribution >= 4 is 17.7 Å². The second-order valence-corrected chi connectivity index (χ2v) is 6.27. The maximum atomic E-state index is 11.8. The zero-order chi connectivity index (χ0) is 12.6. The number of carbonyl (C=O) groups excluding carboxylic acids is 1. The van der Waals surface area contributed by atoms with Crippen molar-refractivity contribution < 1.29 is 19.7 Å². The molecule has 2 N–H and O–H groups in total. The van der Waals surface area contributed by atoms with Crippen molar-refractivity contribution in [1.82, 2.24) is 4.90 Å². The molecule has 0 spiro atoms. The van der Waals surface area contributed by atoms with Crippen LogP contribution >= 0.6 is 11.8 Å². The van der Waals surface area contributed by atoms with Gasteiger partial charge in [-0.1, -0.05) is 0 Å². The average molecular weight is 261 g/mol. The van der Waals surface area contributed by atoms with E-state index >= 15 is 0 Å². The number of hydrogen-bond acceptors (Lipinski definition) is 5. The van der Waals surface area contributed by atoms with Crippen molar-refractivity contribution in [3.8, 4) is 0 Å². The summed E-state index contributed by atoms with van der Waals surface area (Å²) in [5, 5.41) is 19.4. The molecule has 2 rings (SSSR count). The van der Waals surface area contributed by atoms with Crippen molar-refractivity contribution in [3.63, 3.8) is 0 Å². The van der Waals surface area contributed by atoms with Gasteiger partial charge in [0, 0.05) is 25.1 Å². The molecule has 0 radical (unpaired) electrons. The van der Waals surface area contributed by atoms with Crippen LogP contribution in [0.2, 0.25) is 0 Å². The smallest absolute Gasteiger partial charge is 0.224 e. The van der Waals surface area contributed by atoms with Crippen LogP contribution in [0.1, 0.15) is 26.7 Å². The van der Waals surface area contributed by atoms with E-state index in [0.717, 1.165) is 5.75 Å². The quantitative estimate of drug-likeness (QED) is 0.693. The topological polar surface area (TPSA) is 70.0 Å². The molecule has 1 amide bonds. The molecule has 6 heteroatoms. The summed E-state index contributed by atoms with van der Waals surface area (Å²) in [6.07, 6.45) is 0.100. The Morgan fingerprint density at radius 2 is 2.24 bits per heavy atom. The van der Waals surface area contributed by atoms with Crippen LogP contribution in [0.15, 0.2) is 0 Å². The zero-order valence-corrected chi connectivity index (χ0v) is 10.9. The molecule has 0 unspecified atom stereocenters. The number of ether oxygens (including phenoxy) is 1. The molecule has 0 aliphatic carbocycles. The number of thioether (sulfide) groups is 1. The predicted molar refractivity (Wildman–Crippen MR) is 64.4 cm³/mol. The van der Waals surface area contributed by atoms with Gasteiger partial charge in [-0.15, -0.1) is 11.8 Å². The summed E-state index contributed by atoms with van der Waals surface area (Å²) >= 11 is 1.66. The summed E-state index contributed by atoms with van der Waals surface area (Å²) < 4.78 is 5.55. The normalized spacial score (nSPS) is 34.7. The molecule has 2 aliphatic heterocycles. The second-order valence-electron chi connectivity index (χ2n) is 5.05. The summed E-state index contributed by atoms with van der Waals surface area (Å²) in [7, 11) is 0. The lowest BCUT2D eigenvalue weighted by Crippen LogP contribution is -2.58. The van der Waals surface area contributed by atoms with Gasteiger partial charge in [-0.2, -0.15) is 0 Å². The average Bonchev–Trinajstić information content (AvgIpc) is 2.17. The maximum absolute atomic E-state index is 11.8. The summed E-state index contributed by atoms with van der Waals surface area (Å²) in [4.78, 5) is 13.4. The lowest BCUT2D eigenvalue weighted by Gasteiger charge is -2.46. The second kappa shape index (κ2) is 4.76. The molecule has 2 saturated heterocycles. The van der Waals surface area contributed by atoms with Crippen LogP contribution in [-0.2, 0) is 9.53 Å². The van der Waals surface area contributed by atoms with Gasteiger partial charge in [0.2, 0.25) is 5.91 Å².